The Balaban J connectivity index is 1.40. The fourth-order valence-electron chi connectivity index (χ4n) is 4.49. The summed E-state index contributed by atoms with van der Waals surface area (Å²) in [7, 11) is 0. The second-order valence-corrected chi connectivity index (χ2v) is 8.24. The molecule has 0 bridgehead atoms. The highest BCUT2D eigenvalue weighted by molar-refractivity contribution is 5.82. The molecule has 5 heteroatoms. The third-order valence-corrected chi connectivity index (χ3v) is 6.33. The predicted molar refractivity (Wildman–Crippen MR) is 109 cm³/mol. The van der Waals surface area contributed by atoms with E-state index < -0.39 is 5.60 Å². The number of nitrogens with one attached hydrogen (secondary N) is 2. The molecule has 28 heavy (non-hydrogen) atoms. The van der Waals surface area contributed by atoms with Gasteiger partial charge >= 0.3 is 0 Å². The molecule has 0 aliphatic carbocycles. The summed E-state index contributed by atoms with van der Waals surface area (Å²) >= 11 is 0. The van der Waals surface area contributed by atoms with Crippen molar-refractivity contribution in [2.75, 3.05) is 13.1 Å². The van der Waals surface area contributed by atoms with Crippen LogP contribution in [0.2, 0.25) is 0 Å². The second-order valence-electron chi connectivity index (χ2n) is 8.24. The summed E-state index contributed by atoms with van der Waals surface area (Å²) in [5.74, 6) is 0.261. The van der Waals surface area contributed by atoms with Crippen LogP contribution >= 0.6 is 0 Å². The number of nitrogens with zero attached hydrogens (tertiary/aromatic N) is 1. The Labute approximate surface area is 166 Å². The van der Waals surface area contributed by atoms with E-state index in [0.717, 1.165) is 11.1 Å². The number of hydrazine groups is 1. The van der Waals surface area contributed by atoms with Crippen molar-refractivity contribution in [2.45, 2.75) is 44.4 Å². The van der Waals surface area contributed by atoms with E-state index in [9.17, 15) is 9.90 Å². The van der Waals surface area contributed by atoms with Crippen LogP contribution in [0.25, 0.3) is 0 Å². The van der Waals surface area contributed by atoms with Gasteiger partial charge in [0.1, 0.15) is 6.04 Å². The number of amides is 1. The summed E-state index contributed by atoms with van der Waals surface area (Å²) in [4.78, 5) is 15.0. The molecule has 2 aliphatic rings. The Hall–Kier alpha value is -2.21. The lowest BCUT2D eigenvalue weighted by Gasteiger charge is -2.39. The van der Waals surface area contributed by atoms with Crippen LogP contribution in [-0.2, 0) is 10.4 Å². The van der Waals surface area contributed by atoms with E-state index in [-0.39, 0.29) is 23.9 Å². The predicted octanol–water partition coefficient (Wildman–Crippen LogP) is 2.66. The zero-order chi connectivity index (χ0) is 19.7. The van der Waals surface area contributed by atoms with Crippen LogP contribution < -0.4 is 10.9 Å². The molecule has 2 fully saturated rings. The Morgan fingerprint density at radius 2 is 1.79 bits per heavy atom. The van der Waals surface area contributed by atoms with Crippen molar-refractivity contribution in [3.8, 4) is 0 Å². The van der Waals surface area contributed by atoms with Crippen molar-refractivity contribution in [1.29, 1.82) is 0 Å². The Kier molecular flexibility index (Phi) is 5.23. The number of benzene rings is 2. The van der Waals surface area contributed by atoms with Gasteiger partial charge < -0.3 is 10.0 Å². The summed E-state index contributed by atoms with van der Waals surface area (Å²) in [6.45, 7) is 5.30. The van der Waals surface area contributed by atoms with Gasteiger partial charge in [0, 0.05) is 19.0 Å². The van der Waals surface area contributed by atoms with Crippen molar-refractivity contribution >= 4 is 5.91 Å². The molecular weight excluding hydrogens is 350 g/mol. The van der Waals surface area contributed by atoms with Crippen molar-refractivity contribution in [3.05, 3.63) is 71.3 Å². The highest BCUT2D eigenvalue weighted by atomic mass is 16.3. The van der Waals surface area contributed by atoms with Gasteiger partial charge in [0.2, 0.25) is 5.91 Å². The largest absolute Gasteiger partial charge is 0.385 e. The lowest BCUT2D eigenvalue weighted by molar-refractivity contribution is -0.138. The molecule has 2 saturated heterocycles. The lowest BCUT2D eigenvalue weighted by atomic mass is 9.83. The molecule has 2 aromatic rings. The molecule has 4 rings (SSSR count). The number of carbonyl (C=O) groups is 1. The lowest BCUT2D eigenvalue weighted by Crippen LogP contribution is -2.52. The Morgan fingerprint density at radius 3 is 2.46 bits per heavy atom. The average molecular weight is 380 g/mol. The van der Waals surface area contributed by atoms with Crippen molar-refractivity contribution in [3.63, 3.8) is 0 Å². The van der Waals surface area contributed by atoms with Gasteiger partial charge in [0.15, 0.2) is 0 Å². The van der Waals surface area contributed by atoms with Gasteiger partial charge in [-0.25, -0.2) is 10.9 Å². The molecule has 0 radical (unpaired) electrons. The van der Waals surface area contributed by atoms with Crippen LogP contribution in [0.3, 0.4) is 0 Å². The van der Waals surface area contributed by atoms with Crippen molar-refractivity contribution in [2.24, 2.45) is 5.92 Å². The minimum Gasteiger partial charge on any atom is -0.385 e. The molecule has 1 amide bonds. The quantitative estimate of drug-likeness (QED) is 0.767. The van der Waals surface area contributed by atoms with Gasteiger partial charge in [-0.2, -0.15) is 0 Å². The summed E-state index contributed by atoms with van der Waals surface area (Å²) < 4.78 is 0. The summed E-state index contributed by atoms with van der Waals surface area (Å²) in [6.07, 6.45) is 1.14. The fraction of sp³-hybridized carbons (Fsp3) is 0.435. The fourth-order valence-corrected chi connectivity index (χ4v) is 4.49. The monoisotopic (exact) mass is 379 g/mol. The molecule has 5 nitrogen and oxygen atoms in total. The normalized spacial score (nSPS) is 27.0. The number of aliphatic hydroxyl groups is 1. The minimum absolute atomic E-state index is 0.115. The standard InChI is InChI=1S/C23H29N3O2/c1-16-7-6-10-19(15-16)23(28)11-13-26(14-12-23)22(27)21-17(2)20(24-25-21)18-8-4-3-5-9-18/h3-10,15,17,20-21,24-25,28H,11-14H2,1-2H3. The summed E-state index contributed by atoms with van der Waals surface area (Å²) in [5.41, 5.74) is 8.94. The number of hydrogen-bond acceptors (Lipinski definition) is 4. The van der Waals surface area contributed by atoms with Crippen molar-refractivity contribution in [1.82, 2.24) is 15.8 Å². The van der Waals surface area contributed by atoms with Gasteiger partial charge in [0.25, 0.3) is 0 Å². The summed E-state index contributed by atoms with van der Waals surface area (Å²) in [5, 5.41) is 11.1. The molecule has 3 unspecified atom stereocenters. The van der Waals surface area contributed by atoms with Gasteiger partial charge in [0.05, 0.1) is 11.6 Å². The topological polar surface area (TPSA) is 64.6 Å². The molecule has 2 heterocycles. The van der Waals surface area contributed by atoms with Gasteiger partial charge in [-0.05, 0) is 30.9 Å². The second kappa shape index (κ2) is 7.66. The van der Waals surface area contributed by atoms with Crippen LogP contribution in [0.15, 0.2) is 54.6 Å². The zero-order valence-electron chi connectivity index (χ0n) is 16.6. The third-order valence-electron chi connectivity index (χ3n) is 6.33. The number of likely N-dealkylation sites (tertiary alicyclic amines) is 1. The first-order chi connectivity index (χ1) is 13.5. The maximum absolute atomic E-state index is 13.1. The van der Waals surface area contributed by atoms with E-state index >= 15 is 0 Å². The smallest absolute Gasteiger partial charge is 0.241 e. The van der Waals surface area contributed by atoms with Crippen LogP contribution in [0.1, 0.15) is 42.5 Å². The highest BCUT2D eigenvalue weighted by Crippen LogP contribution is 2.35. The van der Waals surface area contributed by atoms with Crippen molar-refractivity contribution < 1.29 is 9.90 Å². The first-order valence-corrected chi connectivity index (χ1v) is 10.1. The maximum Gasteiger partial charge on any atom is 0.241 e. The van der Waals surface area contributed by atoms with E-state index in [1.807, 2.05) is 54.3 Å². The molecule has 3 N–H and O–H groups in total. The Bertz CT molecular complexity index is 831. The number of piperidine rings is 1. The highest BCUT2D eigenvalue weighted by Gasteiger charge is 2.42. The van der Waals surface area contributed by atoms with E-state index in [1.54, 1.807) is 0 Å². The first-order valence-electron chi connectivity index (χ1n) is 10.1. The number of aryl methyl sites for hydroxylation is 1. The molecule has 148 valence electrons. The number of hydrogen-bond donors (Lipinski definition) is 3. The SMILES string of the molecule is Cc1cccc(C2(O)CCN(C(=O)C3NNC(c4ccccc4)C3C)CC2)c1. The molecule has 0 spiro atoms. The number of rotatable bonds is 3. The van der Waals surface area contributed by atoms with E-state index in [0.29, 0.717) is 25.9 Å². The van der Waals surface area contributed by atoms with E-state index in [1.165, 1.54) is 5.56 Å². The first kappa shape index (κ1) is 19.1. The minimum atomic E-state index is -0.845. The van der Waals surface area contributed by atoms with Crippen LogP contribution in [0.5, 0.6) is 0 Å². The van der Waals surface area contributed by atoms with Gasteiger partial charge in [-0.3, -0.25) is 4.79 Å². The van der Waals surface area contributed by atoms with Crippen LogP contribution in [0.4, 0.5) is 0 Å². The van der Waals surface area contributed by atoms with E-state index in [4.69, 9.17) is 0 Å². The molecular formula is C23H29N3O2. The molecule has 2 aromatic carbocycles. The molecule has 0 saturated carbocycles. The van der Waals surface area contributed by atoms with E-state index in [2.05, 4.69) is 29.9 Å². The maximum atomic E-state index is 13.1. The van der Waals surface area contributed by atoms with Gasteiger partial charge in [-0.1, -0.05) is 67.1 Å². The third kappa shape index (κ3) is 3.58. The molecule has 0 aromatic heterocycles. The van der Waals surface area contributed by atoms with Crippen LogP contribution in [0, 0.1) is 12.8 Å². The average Bonchev–Trinajstić information content (AvgIpc) is 3.10. The Morgan fingerprint density at radius 1 is 1.07 bits per heavy atom. The molecule has 2 aliphatic heterocycles. The molecule has 3 atom stereocenters. The number of carbonyl (C=O) groups excluding carboxylic acids is 1. The zero-order valence-corrected chi connectivity index (χ0v) is 16.6. The van der Waals surface area contributed by atoms with Gasteiger partial charge in [-0.15, -0.1) is 0 Å². The summed E-state index contributed by atoms with van der Waals surface area (Å²) in [6, 6.07) is 18.1. The van der Waals surface area contributed by atoms with Crippen LogP contribution in [-0.4, -0.2) is 35.0 Å².